The van der Waals surface area contributed by atoms with Gasteiger partial charge in [-0.25, -0.2) is 4.98 Å². The molecule has 19 heavy (non-hydrogen) atoms. The maximum Gasteiger partial charge on any atom is 0.233 e. The van der Waals surface area contributed by atoms with Gasteiger partial charge in [0.05, 0.1) is 5.75 Å². The van der Waals surface area contributed by atoms with E-state index in [1.165, 1.54) is 24.6 Å². The predicted molar refractivity (Wildman–Crippen MR) is 78.1 cm³/mol. The lowest BCUT2D eigenvalue weighted by Gasteiger charge is -2.33. The largest absolute Gasteiger partial charge is 0.342 e. The van der Waals surface area contributed by atoms with Gasteiger partial charge in [0.25, 0.3) is 0 Å². The number of thioether (sulfide) groups is 1. The number of carbonyl (C=O) groups excluding carboxylic acids is 1. The molecule has 106 valence electrons. The molecule has 1 aliphatic carbocycles. The zero-order valence-electron chi connectivity index (χ0n) is 12.0. The van der Waals surface area contributed by atoms with Crippen LogP contribution in [0.2, 0.25) is 0 Å². The molecule has 0 atom stereocenters. The molecule has 1 fully saturated rings. The Morgan fingerprint density at radius 3 is 2.74 bits per heavy atom. The predicted octanol–water partition coefficient (Wildman–Crippen LogP) is 2.55. The first kappa shape index (κ1) is 14.4. The van der Waals surface area contributed by atoms with Gasteiger partial charge in [-0.2, -0.15) is 0 Å². The van der Waals surface area contributed by atoms with Crippen LogP contribution in [-0.2, 0) is 11.8 Å². The van der Waals surface area contributed by atoms with Gasteiger partial charge in [0.1, 0.15) is 0 Å². The van der Waals surface area contributed by atoms with Gasteiger partial charge in [0.2, 0.25) is 5.91 Å². The Hall–Kier alpha value is -0.970. The minimum absolute atomic E-state index is 0.215. The van der Waals surface area contributed by atoms with E-state index in [0.717, 1.165) is 23.9 Å². The lowest BCUT2D eigenvalue weighted by atomic mass is 9.87. The number of hydrogen-bond donors (Lipinski definition) is 0. The Labute approximate surface area is 119 Å². The Bertz CT molecular complexity index is 424. The fourth-order valence-electron chi connectivity index (χ4n) is 2.55. The average molecular weight is 281 g/mol. The summed E-state index contributed by atoms with van der Waals surface area (Å²) in [4.78, 5) is 18.4. The molecule has 0 unspecified atom stereocenters. The van der Waals surface area contributed by atoms with Crippen molar-refractivity contribution in [2.24, 2.45) is 13.0 Å². The molecule has 0 radical (unpaired) electrons. The number of carbonyl (C=O) groups is 1. The van der Waals surface area contributed by atoms with Crippen LogP contribution in [0.1, 0.15) is 32.6 Å². The van der Waals surface area contributed by atoms with E-state index in [-0.39, 0.29) is 5.91 Å². The summed E-state index contributed by atoms with van der Waals surface area (Å²) in [6.45, 7) is 2.30. The minimum atomic E-state index is 0.215. The van der Waals surface area contributed by atoms with Crippen molar-refractivity contribution in [2.45, 2.75) is 43.8 Å². The van der Waals surface area contributed by atoms with E-state index in [2.05, 4.69) is 11.9 Å². The number of imidazole rings is 1. The van der Waals surface area contributed by atoms with Gasteiger partial charge in [-0.05, 0) is 31.6 Å². The van der Waals surface area contributed by atoms with E-state index in [9.17, 15) is 4.79 Å². The molecule has 1 aromatic rings. The number of hydrogen-bond acceptors (Lipinski definition) is 3. The number of aryl methyl sites for hydroxylation is 1. The molecule has 1 amide bonds. The van der Waals surface area contributed by atoms with E-state index in [0.29, 0.717) is 11.8 Å². The molecule has 5 heteroatoms. The first-order valence-electron chi connectivity index (χ1n) is 6.93. The van der Waals surface area contributed by atoms with Crippen LogP contribution in [-0.4, -0.2) is 39.2 Å². The second kappa shape index (κ2) is 6.46. The summed E-state index contributed by atoms with van der Waals surface area (Å²) >= 11 is 1.52. The maximum atomic E-state index is 12.2. The molecular weight excluding hydrogens is 258 g/mol. The van der Waals surface area contributed by atoms with Gasteiger partial charge in [-0.1, -0.05) is 18.7 Å². The number of nitrogens with zero attached hydrogens (tertiary/aromatic N) is 3. The highest BCUT2D eigenvalue weighted by Crippen LogP contribution is 2.27. The summed E-state index contributed by atoms with van der Waals surface area (Å²) in [6, 6.07) is 0.436. The van der Waals surface area contributed by atoms with Crippen molar-refractivity contribution in [2.75, 3.05) is 12.8 Å². The van der Waals surface area contributed by atoms with Crippen molar-refractivity contribution in [1.82, 2.24) is 14.5 Å². The SMILES string of the molecule is CC1CCC(N(C)C(=O)CSc2nccn2C)CC1. The molecule has 4 nitrogen and oxygen atoms in total. The smallest absolute Gasteiger partial charge is 0.233 e. The second-order valence-electron chi connectivity index (χ2n) is 5.53. The second-order valence-corrected chi connectivity index (χ2v) is 6.47. The molecule has 0 aliphatic heterocycles. The highest BCUT2D eigenvalue weighted by atomic mass is 32.2. The maximum absolute atomic E-state index is 12.2. The van der Waals surface area contributed by atoms with Gasteiger partial charge >= 0.3 is 0 Å². The molecule has 1 heterocycles. The molecule has 0 bridgehead atoms. The summed E-state index contributed by atoms with van der Waals surface area (Å²) in [6.07, 6.45) is 8.45. The Morgan fingerprint density at radius 1 is 1.47 bits per heavy atom. The normalized spacial score (nSPS) is 23.3. The van der Waals surface area contributed by atoms with Gasteiger partial charge < -0.3 is 9.47 Å². The number of rotatable bonds is 4. The van der Waals surface area contributed by atoms with E-state index in [1.54, 1.807) is 6.20 Å². The van der Waals surface area contributed by atoms with Crippen LogP contribution in [0.3, 0.4) is 0 Å². The van der Waals surface area contributed by atoms with Crippen molar-refractivity contribution >= 4 is 17.7 Å². The van der Waals surface area contributed by atoms with Crippen molar-refractivity contribution in [1.29, 1.82) is 0 Å². The quantitative estimate of drug-likeness (QED) is 0.796. The monoisotopic (exact) mass is 281 g/mol. The fraction of sp³-hybridized carbons (Fsp3) is 0.714. The molecule has 1 aromatic heterocycles. The van der Waals surface area contributed by atoms with Crippen LogP contribution in [0, 0.1) is 5.92 Å². The number of amides is 1. The van der Waals surface area contributed by atoms with Gasteiger partial charge in [0, 0.05) is 32.5 Å². The molecule has 0 N–H and O–H groups in total. The third-order valence-corrected chi connectivity index (χ3v) is 5.07. The standard InChI is InChI=1S/C14H23N3OS/c1-11-4-6-12(7-5-11)17(3)13(18)10-19-14-15-8-9-16(14)2/h8-9,11-12H,4-7,10H2,1-3H3. The van der Waals surface area contributed by atoms with Crippen LogP contribution < -0.4 is 0 Å². The molecule has 1 aliphatic rings. The van der Waals surface area contributed by atoms with Crippen LogP contribution in [0.5, 0.6) is 0 Å². The third kappa shape index (κ3) is 3.75. The highest BCUT2D eigenvalue weighted by Gasteiger charge is 2.24. The first-order chi connectivity index (χ1) is 9.08. The molecule has 2 rings (SSSR count). The lowest BCUT2D eigenvalue weighted by molar-refractivity contribution is -0.129. The zero-order valence-corrected chi connectivity index (χ0v) is 12.8. The summed E-state index contributed by atoms with van der Waals surface area (Å²) in [5, 5.41) is 0.902. The van der Waals surface area contributed by atoms with E-state index < -0.39 is 0 Å². The summed E-state index contributed by atoms with van der Waals surface area (Å²) in [5.41, 5.74) is 0. The third-order valence-electron chi connectivity index (χ3n) is 4.03. The van der Waals surface area contributed by atoms with Crippen LogP contribution >= 0.6 is 11.8 Å². The summed E-state index contributed by atoms with van der Waals surface area (Å²) < 4.78 is 1.94. The van der Waals surface area contributed by atoms with Crippen molar-refractivity contribution in [3.63, 3.8) is 0 Å². The average Bonchev–Trinajstić information content (AvgIpc) is 2.81. The molecule has 0 spiro atoms. The summed E-state index contributed by atoms with van der Waals surface area (Å²) in [7, 11) is 3.90. The molecule has 0 saturated heterocycles. The minimum Gasteiger partial charge on any atom is -0.342 e. The van der Waals surface area contributed by atoms with E-state index in [4.69, 9.17) is 0 Å². The molecular formula is C14H23N3OS. The number of aromatic nitrogens is 2. The highest BCUT2D eigenvalue weighted by molar-refractivity contribution is 7.99. The zero-order chi connectivity index (χ0) is 13.8. The van der Waals surface area contributed by atoms with Crippen LogP contribution in [0.25, 0.3) is 0 Å². The van der Waals surface area contributed by atoms with Crippen molar-refractivity contribution in [3.05, 3.63) is 12.4 Å². The van der Waals surface area contributed by atoms with Gasteiger partial charge in [-0.15, -0.1) is 0 Å². The summed E-state index contributed by atoms with van der Waals surface area (Å²) in [5.74, 6) is 1.52. The van der Waals surface area contributed by atoms with E-state index >= 15 is 0 Å². The Morgan fingerprint density at radius 2 is 2.16 bits per heavy atom. The van der Waals surface area contributed by atoms with Crippen LogP contribution in [0.4, 0.5) is 0 Å². The van der Waals surface area contributed by atoms with Gasteiger partial charge in [-0.3, -0.25) is 4.79 Å². The van der Waals surface area contributed by atoms with Crippen LogP contribution in [0.15, 0.2) is 17.6 Å². The fourth-order valence-corrected chi connectivity index (χ4v) is 3.41. The van der Waals surface area contributed by atoms with Gasteiger partial charge in [0.15, 0.2) is 5.16 Å². The molecule has 1 saturated carbocycles. The Kier molecular flexibility index (Phi) is 4.91. The van der Waals surface area contributed by atoms with E-state index in [1.807, 2.05) is 29.8 Å². The lowest BCUT2D eigenvalue weighted by Crippen LogP contribution is -2.40. The molecule has 0 aromatic carbocycles. The first-order valence-corrected chi connectivity index (χ1v) is 7.92. The van der Waals surface area contributed by atoms with Crippen molar-refractivity contribution < 1.29 is 4.79 Å². The Balaban J connectivity index is 1.81. The van der Waals surface area contributed by atoms with Crippen molar-refractivity contribution in [3.8, 4) is 0 Å². The topological polar surface area (TPSA) is 38.1 Å².